The molecule has 1 N–H and O–H groups in total. The van der Waals surface area contributed by atoms with Gasteiger partial charge in [0.15, 0.2) is 5.17 Å². The second kappa shape index (κ2) is 8.40. The average Bonchev–Trinajstić information content (AvgIpc) is 3.19. The minimum Gasteiger partial charge on any atom is -0.318 e. The van der Waals surface area contributed by atoms with Gasteiger partial charge in [0.2, 0.25) is 0 Å². The molecule has 31 heavy (non-hydrogen) atoms. The van der Waals surface area contributed by atoms with Crippen LogP contribution in [0.2, 0.25) is 5.02 Å². The first kappa shape index (κ1) is 21.5. The summed E-state index contributed by atoms with van der Waals surface area (Å²) in [5.41, 5.74) is 8.67. The standard InChI is InChI=1S/C25H24ClN3OS/c1-14-6-8-21(11-15(14)2)29-17(4)12-19(18(29)5)13-23-24(30)28-25(31-23)27-22-9-7-20(26)10-16(22)3/h6-13H,1-5H3,(H,27,28,30)/b23-13-. The molecule has 1 saturated heterocycles. The zero-order valence-electron chi connectivity index (χ0n) is 18.2. The number of carbonyl (C=O) groups excluding carboxylic acids is 1. The van der Waals surface area contributed by atoms with Crippen LogP contribution in [0.1, 0.15) is 33.6 Å². The van der Waals surface area contributed by atoms with E-state index in [1.54, 1.807) is 6.07 Å². The molecule has 0 bridgehead atoms. The van der Waals surface area contributed by atoms with Gasteiger partial charge in [0.05, 0.1) is 10.6 Å². The van der Waals surface area contributed by atoms with Crippen LogP contribution in [-0.2, 0) is 4.79 Å². The molecule has 0 spiro atoms. The number of carbonyl (C=O) groups is 1. The van der Waals surface area contributed by atoms with E-state index in [1.807, 2.05) is 25.1 Å². The number of benzene rings is 2. The van der Waals surface area contributed by atoms with Gasteiger partial charge in [-0.1, -0.05) is 17.7 Å². The van der Waals surface area contributed by atoms with Crippen LogP contribution in [-0.4, -0.2) is 15.6 Å². The highest BCUT2D eigenvalue weighted by molar-refractivity contribution is 8.18. The van der Waals surface area contributed by atoms with Crippen molar-refractivity contribution in [3.63, 3.8) is 0 Å². The molecule has 4 rings (SSSR count). The zero-order chi connectivity index (χ0) is 22.3. The lowest BCUT2D eigenvalue weighted by Gasteiger charge is -2.11. The summed E-state index contributed by atoms with van der Waals surface area (Å²) in [5, 5.41) is 4.11. The third-order valence-corrected chi connectivity index (χ3v) is 6.68. The quantitative estimate of drug-likeness (QED) is 0.460. The first-order chi connectivity index (χ1) is 14.7. The van der Waals surface area contributed by atoms with Crippen molar-refractivity contribution >= 4 is 46.2 Å². The highest BCUT2D eigenvalue weighted by Crippen LogP contribution is 2.32. The lowest BCUT2D eigenvalue weighted by molar-refractivity contribution is -0.115. The van der Waals surface area contributed by atoms with Gasteiger partial charge in [0, 0.05) is 22.1 Å². The molecule has 4 nitrogen and oxygen atoms in total. The number of aryl methyl sites for hydroxylation is 4. The number of nitrogens with one attached hydrogen (secondary N) is 1. The van der Waals surface area contributed by atoms with E-state index in [4.69, 9.17) is 11.6 Å². The number of hydrogen-bond donors (Lipinski definition) is 1. The van der Waals surface area contributed by atoms with Crippen LogP contribution in [0.15, 0.2) is 52.4 Å². The van der Waals surface area contributed by atoms with E-state index in [-0.39, 0.29) is 5.91 Å². The molecule has 2 heterocycles. The number of amidine groups is 1. The summed E-state index contributed by atoms with van der Waals surface area (Å²) in [7, 11) is 0. The zero-order valence-corrected chi connectivity index (χ0v) is 19.8. The molecule has 3 aromatic rings. The van der Waals surface area contributed by atoms with Crippen LogP contribution in [0.25, 0.3) is 11.8 Å². The van der Waals surface area contributed by atoms with Crippen LogP contribution in [0.3, 0.4) is 0 Å². The molecule has 1 aliphatic rings. The van der Waals surface area contributed by atoms with Crippen molar-refractivity contribution in [2.75, 3.05) is 0 Å². The Bertz CT molecular complexity index is 1270. The van der Waals surface area contributed by atoms with Gasteiger partial charge >= 0.3 is 0 Å². The van der Waals surface area contributed by atoms with Crippen LogP contribution >= 0.6 is 23.4 Å². The third-order valence-electron chi connectivity index (χ3n) is 5.54. The number of amides is 1. The number of halogens is 1. The van der Waals surface area contributed by atoms with E-state index in [1.165, 1.54) is 22.9 Å². The maximum absolute atomic E-state index is 12.6. The number of rotatable bonds is 3. The van der Waals surface area contributed by atoms with E-state index >= 15 is 0 Å². The molecule has 158 valence electrons. The van der Waals surface area contributed by atoms with Gasteiger partial charge in [-0.2, -0.15) is 0 Å². The molecule has 6 heteroatoms. The summed E-state index contributed by atoms with van der Waals surface area (Å²) in [5.74, 6) is -0.133. The molecule has 1 fully saturated rings. The van der Waals surface area contributed by atoms with Crippen LogP contribution < -0.4 is 5.32 Å². The van der Waals surface area contributed by atoms with E-state index in [2.05, 4.69) is 66.8 Å². The number of aliphatic imine (C=N–C) groups is 1. The van der Waals surface area contributed by atoms with E-state index in [9.17, 15) is 4.79 Å². The fraction of sp³-hybridized carbons (Fsp3) is 0.200. The highest BCUT2D eigenvalue weighted by Gasteiger charge is 2.25. The summed E-state index contributed by atoms with van der Waals surface area (Å²) >= 11 is 7.38. The van der Waals surface area contributed by atoms with E-state index < -0.39 is 0 Å². The SMILES string of the molecule is Cc1ccc(-n2c(C)cc(/C=C3\SC(=Nc4ccc(Cl)cc4C)NC3=O)c2C)cc1C. The Kier molecular flexibility index (Phi) is 5.82. The van der Waals surface area contributed by atoms with Gasteiger partial charge in [-0.3, -0.25) is 4.79 Å². The summed E-state index contributed by atoms with van der Waals surface area (Å²) in [6, 6.07) is 14.1. The Morgan fingerprint density at radius 3 is 2.45 bits per heavy atom. The smallest absolute Gasteiger partial charge is 0.264 e. The van der Waals surface area contributed by atoms with Crippen molar-refractivity contribution in [1.82, 2.24) is 9.88 Å². The third kappa shape index (κ3) is 4.34. The van der Waals surface area contributed by atoms with Crippen LogP contribution in [0, 0.1) is 34.6 Å². The molecule has 0 atom stereocenters. The normalized spacial score (nSPS) is 16.4. The van der Waals surface area contributed by atoms with Gasteiger partial charge in [0.25, 0.3) is 5.91 Å². The van der Waals surface area contributed by atoms with E-state index in [0.717, 1.165) is 33.9 Å². The molecular formula is C25H24ClN3OS. The molecule has 0 radical (unpaired) electrons. The maximum atomic E-state index is 12.6. The second-order valence-corrected chi connectivity index (χ2v) is 9.31. The molecule has 0 aliphatic carbocycles. The Labute approximate surface area is 192 Å². The predicted octanol–water partition coefficient (Wildman–Crippen LogP) is 6.56. The van der Waals surface area contributed by atoms with Gasteiger partial charge in [-0.05, 0) is 111 Å². The minimum atomic E-state index is -0.133. The lowest BCUT2D eigenvalue weighted by atomic mass is 10.1. The predicted molar refractivity (Wildman–Crippen MR) is 132 cm³/mol. The fourth-order valence-corrected chi connectivity index (χ4v) is 4.72. The average molecular weight is 450 g/mol. The Morgan fingerprint density at radius 1 is 0.968 bits per heavy atom. The Balaban J connectivity index is 1.65. The molecule has 1 aliphatic heterocycles. The minimum absolute atomic E-state index is 0.133. The molecule has 1 aromatic heterocycles. The molecule has 0 saturated carbocycles. The van der Waals surface area contributed by atoms with Crippen molar-refractivity contribution in [2.45, 2.75) is 34.6 Å². The van der Waals surface area contributed by atoms with Crippen molar-refractivity contribution < 1.29 is 4.79 Å². The Morgan fingerprint density at radius 2 is 1.74 bits per heavy atom. The Hall–Kier alpha value is -2.76. The van der Waals surface area contributed by atoms with Gasteiger partial charge in [-0.25, -0.2) is 4.99 Å². The summed E-state index contributed by atoms with van der Waals surface area (Å²) in [6.45, 7) is 10.4. The van der Waals surface area contributed by atoms with Crippen LogP contribution in [0.4, 0.5) is 5.69 Å². The molecule has 1 amide bonds. The maximum Gasteiger partial charge on any atom is 0.264 e. The van der Waals surface area contributed by atoms with Crippen molar-refractivity contribution in [3.05, 3.63) is 86.0 Å². The monoisotopic (exact) mass is 449 g/mol. The van der Waals surface area contributed by atoms with Gasteiger partial charge in [0.1, 0.15) is 0 Å². The molecule has 2 aromatic carbocycles. The van der Waals surface area contributed by atoms with Gasteiger partial charge < -0.3 is 9.88 Å². The molecular weight excluding hydrogens is 426 g/mol. The fourth-order valence-electron chi connectivity index (χ4n) is 3.67. The first-order valence-corrected chi connectivity index (χ1v) is 11.2. The number of nitrogens with zero attached hydrogens (tertiary/aromatic N) is 2. The molecule has 0 unspecified atom stereocenters. The van der Waals surface area contributed by atoms with Gasteiger partial charge in [-0.15, -0.1) is 0 Å². The summed E-state index contributed by atoms with van der Waals surface area (Å²) in [4.78, 5) is 17.8. The van der Waals surface area contributed by atoms with Crippen LogP contribution in [0.5, 0.6) is 0 Å². The number of aromatic nitrogens is 1. The second-order valence-electron chi connectivity index (χ2n) is 7.84. The van der Waals surface area contributed by atoms with Crippen molar-refractivity contribution in [2.24, 2.45) is 4.99 Å². The number of thioether (sulfide) groups is 1. The largest absolute Gasteiger partial charge is 0.318 e. The first-order valence-electron chi connectivity index (χ1n) is 10.1. The summed E-state index contributed by atoms with van der Waals surface area (Å²) in [6.07, 6.45) is 1.94. The topological polar surface area (TPSA) is 46.4 Å². The number of hydrogen-bond acceptors (Lipinski definition) is 3. The summed E-state index contributed by atoms with van der Waals surface area (Å²) < 4.78 is 2.22. The van der Waals surface area contributed by atoms with E-state index in [0.29, 0.717) is 15.1 Å². The van der Waals surface area contributed by atoms with Crippen molar-refractivity contribution in [1.29, 1.82) is 0 Å². The highest BCUT2D eigenvalue weighted by atomic mass is 35.5. The van der Waals surface area contributed by atoms with Crippen molar-refractivity contribution in [3.8, 4) is 5.69 Å². The lowest BCUT2D eigenvalue weighted by Crippen LogP contribution is -2.19.